The van der Waals surface area contributed by atoms with Crippen molar-refractivity contribution in [2.24, 2.45) is 11.5 Å². The highest BCUT2D eigenvalue weighted by Gasteiger charge is 2.29. The lowest BCUT2D eigenvalue weighted by Gasteiger charge is -2.08. The van der Waals surface area contributed by atoms with Gasteiger partial charge in [0.1, 0.15) is 11.6 Å². The number of carbonyl (C=O) groups excluding carboxylic acids is 1. The number of benzene rings is 1. The molecule has 6 N–H and O–H groups in total. The molecule has 0 atom stereocenters. The largest absolute Gasteiger partial charge is 0.505 e. The number of halogens is 3. The Morgan fingerprint density at radius 1 is 1.12 bits per heavy atom. The van der Waals surface area contributed by atoms with E-state index in [-0.39, 0.29) is 23.0 Å². The smallest absolute Gasteiger partial charge is 0.416 e. The molecule has 0 bridgehead atoms. The quantitative estimate of drug-likeness (QED) is 0.622. The number of pyridine rings is 1. The second-order valence-corrected chi connectivity index (χ2v) is 5.14. The van der Waals surface area contributed by atoms with E-state index in [0.717, 1.165) is 12.1 Å². The Kier molecular flexibility index (Phi) is 5.51. The molecule has 1 aromatic heterocycles. The average Bonchev–Trinajstić information content (AvgIpc) is 2.59. The SMILES string of the molecule is N/C(=C\C=C(/N)NC(=O)c1ncccc1O)c1ccc(C(F)(F)F)cc1. The lowest BCUT2D eigenvalue weighted by atomic mass is 10.1. The van der Waals surface area contributed by atoms with E-state index in [2.05, 4.69) is 10.3 Å². The molecule has 1 heterocycles. The fourth-order valence-electron chi connectivity index (χ4n) is 1.93. The van der Waals surface area contributed by atoms with Crippen LogP contribution in [0, 0.1) is 0 Å². The first-order chi connectivity index (χ1) is 12.2. The molecule has 0 aliphatic carbocycles. The molecule has 6 nitrogen and oxygen atoms in total. The van der Waals surface area contributed by atoms with E-state index in [1.165, 1.54) is 42.6 Å². The molecule has 0 radical (unpaired) electrons. The van der Waals surface area contributed by atoms with E-state index in [4.69, 9.17) is 11.5 Å². The first kappa shape index (κ1) is 18.8. The molecule has 9 heteroatoms. The topological polar surface area (TPSA) is 114 Å². The number of amides is 1. The Hall–Kier alpha value is -3.49. The molecule has 136 valence electrons. The molecule has 2 aromatic rings. The summed E-state index contributed by atoms with van der Waals surface area (Å²) < 4.78 is 37.6. The molecule has 0 unspecified atom stereocenters. The van der Waals surface area contributed by atoms with Gasteiger partial charge in [-0.2, -0.15) is 13.2 Å². The molecular weight excluding hydrogens is 349 g/mol. The van der Waals surface area contributed by atoms with Gasteiger partial charge in [0.15, 0.2) is 5.69 Å². The van der Waals surface area contributed by atoms with Crippen LogP contribution < -0.4 is 16.8 Å². The minimum absolute atomic E-state index is 0.0880. The number of carbonyl (C=O) groups is 1. The van der Waals surface area contributed by atoms with E-state index in [1.54, 1.807) is 0 Å². The fourth-order valence-corrected chi connectivity index (χ4v) is 1.93. The van der Waals surface area contributed by atoms with E-state index in [9.17, 15) is 23.1 Å². The van der Waals surface area contributed by atoms with Gasteiger partial charge < -0.3 is 21.9 Å². The monoisotopic (exact) mass is 364 g/mol. The van der Waals surface area contributed by atoms with Crippen LogP contribution >= 0.6 is 0 Å². The summed E-state index contributed by atoms with van der Waals surface area (Å²) in [7, 11) is 0. The Morgan fingerprint density at radius 2 is 1.77 bits per heavy atom. The molecule has 2 rings (SSSR count). The van der Waals surface area contributed by atoms with Crippen molar-refractivity contribution in [2.45, 2.75) is 6.18 Å². The molecule has 0 saturated carbocycles. The molecule has 0 fully saturated rings. The Balaban J connectivity index is 2.09. The van der Waals surface area contributed by atoms with Crippen LogP contribution in [0.5, 0.6) is 5.75 Å². The Morgan fingerprint density at radius 3 is 2.35 bits per heavy atom. The van der Waals surface area contributed by atoms with Crippen LogP contribution in [0.15, 0.2) is 60.6 Å². The zero-order valence-corrected chi connectivity index (χ0v) is 13.3. The van der Waals surface area contributed by atoms with Gasteiger partial charge in [-0.05, 0) is 42.0 Å². The van der Waals surface area contributed by atoms with Crippen molar-refractivity contribution < 1.29 is 23.1 Å². The second-order valence-electron chi connectivity index (χ2n) is 5.14. The van der Waals surface area contributed by atoms with Crippen LogP contribution in [-0.4, -0.2) is 16.0 Å². The molecule has 0 aliphatic rings. The molecular formula is C17H15F3N4O2. The third-order valence-electron chi connectivity index (χ3n) is 3.25. The van der Waals surface area contributed by atoms with Crippen molar-refractivity contribution in [3.05, 3.63) is 77.4 Å². The summed E-state index contributed by atoms with van der Waals surface area (Å²) >= 11 is 0. The molecule has 0 spiro atoms. The number of nitrogens with two attached hydrogens (primary N) is 2. The molecule has 1 aromatic carbocycles. The normalized spacial score (nSPS) is 12.7. The number of allylic oxidation sites excluding steroid dienone is 2. The first-order valence-corrected chi connectivity index (χ1v) is 7.24. The van der Waals surface area contributed by atoms with Crippen molar-refractivity contribution in [1.29, 1.82) is 0 Å². The van der Waals surface area contributed by atoms with Gasteiger partial charge in [-0.3, -0.25) is 4.79 Å². The van der Waals surface area contributed by atoms with Gasteiger partial charge in [0.2, 0.25) is 0 Å². The zero-order chi connectivity index (χ0) is 19.3. The number of alkyl halides is 3. The summed E-state index contributed by atoms with van der Waals surface area (Å²) in [5, 5.41) is 11.8. The van der Waals surface area contributed by atoms with Crippen LogP contribution in [0.4, 0.5) is 13.2 Å². The molecule has 0 saturated heterocycles. The number of aromatic hydroxyl groups is 1. The highest BCUT2D eigenvalue weighted by molar-refractivity contribution is 5.95. The number of hydrogen-bond acceptors (Lipinski definition) is 5. The molecule has 1 amide bonds. The van der Waals surface area contributed by atoms with Gasteiger partial charge in [0.05, 0.1) is 5.56 Å². The third-order valence-corrected chi connectivity index (χ3v) is 3.25. The maximum Gasteiger partial charge on any atom is 0.416 e. The summed E-state index contributed by atoms with van der Waals surface area (Å²) in [6, 6.07) is 7.03. The van der Waals surface area contributed by atoms with Crippen LogP contribution in [0.3, 0.4) is 0 Å². The van der Waals surface area contributed by atoms with Gasteiger partial charge in [-0.15, -0.1) is 0 Å². The predicted octanol–water partition coefficient (Wildman–Crippen LogP) is 2.34. The maximum absolute atomic E-state index is 12.5. The van der Waals surface area contributed by atoms with E-state index in [1.807, 2.05) is 0 Å². The van der Waals surface area contributed by atoms with Crippen LogP contribution in [0.2, 0.25) is 0 Å². The second kappa shape index (κ2) is 7.60. The van der Waals surface area contributed by atoms with Crippen molar-refractivity contribution in [1.82, 2.24) is 10.3 Å². The number of nitrogens with zero attached hydrogens (tertiary/aromatic N) is 1. The summed E-state index contributed by atoms with van der Waals surface area (Å²) in [4.78, 5) is 15.6. The Labute approximate surface area is 146 Å². The Bertz CT molecular complexity index is 859. The highest BCUT2D eigenvalue weighted by Crippen LogP contribution is 2.29. The number of rotatable bonds is 4. The first-order valence-electron chi connectivity index (χ1n) is 7.24. The minimum Gasteiger partial charge on any atom is -0.505 e. The van der Waals surface area contributed by atoms with Gasteiger partial charge in [0, 0.05) is 11.9 Å². The van der Waals surface area contributed by atoms with Crippen molar-refractivity contribution in [3.8, 4) is 5.75 Å². The lowest BCUT2D eigenvalue weighted by Crippen LogP contribution is -2.28. The number of aromatic nitrogens is 1. The van der Waals surface area contributed by atoms with Gasteiger partial charge in [0.25, 0.3) is 5.91 Å². The standard InChI is InChI=1S/C17H15F3N4O2/c18-17(19,20)11-5-3-10(4-6-11)12(21)7-8-14(22)24-16(26)15-13(25)2-1-9-23-15/h1-9,25H,21-22H2,(H,24,26)/b12-7-,14-8+. The fraction of sp³-hybridized carbons (Fsp3) is 0.0588. The molecule has 26 heavy (non-hydrogen) atoms. The van der Waals surface area contributed by atoms with Gasteiger partial charge >= 0.3 is 6.18 Å². The van der Waals surface area contributed by atoms with Crippen molar-refractivity contribution >= 4 is 11.6 Å². The summed E-state index contributed by atoms with van der Waals surface area (Å²) in [6.45, 7) is 0. The minimum atomic E-state index is -4.43. The van der Waals surface area contributed by atoms with Crippen LogP contribution in [0.25, 0.3) is 5.70 Å². The number of hydrogen-bond donors (Lipinski definition) is 4. The highest BCUT2D eigenvalue weighted by atomic mass is 19.4. The van der Waals surface area contributed by atoms with E-state index >= 15 is 0 Å². The van der Waals surface area contributed by atoms with Crippen molar-refractivity contribution in [3.63, 3.8) is 0 Å². The summed E-state index contributed by atoms with van der Waals surface area (Å²) in [5.74, 6) is -1.12. The number of nitrogens with one attached hydrogen (secondary N) is 1. The summed E-state index contributed by atoms with van der Waals surface area (Å²) in [5.41, 5.74) is 10.9. The van der Waals surface area contributed by atoms with Crippen LogP contribution in [-0.2, 0) is 6.18 Å². The third kappa shape index (κ3) is 4.76. The van der Waals surface area contributed by atoms with Gasteiger partial charge in [-0.25, -0.2) is 4.98 Å². The van der Waals surface area contributed by atoms with Crippen LogP contribution in [0.1, 0.15) is 21.6 Å². The zero-order valence-electron chi connectivity index (χ0n) is 13.3. The predicted molar refractivity (Wildman–Crippen MR) is 89.2 cm³/mol. The molecule has 0 aliphatic heterocycles. The van der Waals surface area contributed by atoms with E-state index in [0.29, 0.717) is 5.56 Å². The van der Waals surface area contributed by atoms with E-state index < -0.39 is 17.6 Å². The average molecular weight is 364 g/mol. The lowest BCUT2D eigenvalue weighted by molar-refractivity contribution is -0.137. The van der Waals surface area contributed by atoms with Gasteiger partial charge in [-0.1, -0.05) is 12.1 Å². The summed E-state index contributed by atoms with van der Waals surface area (Å²) in [6.07, 6.45) is -0.499. The van der Waals surface area contributed by atoms with Crippen molar-refractivity contribution in [2.75, 3.05) is 0 Å². The maximum atomic E-state index is 12.5.